The van der Waals surface area contributed by atoms with Crippen LogP contribution in [0.3, 0.4) is 0 Å². The fourth-order valence-electron chi connectivity index (χ4n) is 2.49. The molecule has 1 aromatic carbocycles. The van der Waals surface area contributed by atoms with Gasteiger partial charge >= 0.3 is 12.0 Å². The first-order chi connectivity index (χ1) is 10.0. The lowest BCUT2D eigenvalue weighted by molar-refractivity contribution is 0.0696. The standard InChI is InChI=1S/C16H20N2O3/c1-10-2-5-12(8-14(10)15(19)20)17-16(21)18(13-6-7-13)9-11-3-4-11/h2,5,8,11,13H,3-4,6-7,9H2,1H3,(H,17,21)(H,19,20). The second kappa shape index (κ2) is 5.39. The molecule has 5 nitrogen and oxygen atoms in total. The highest BCUT2D eigenvalue weighted by Gasteiger charge is 2.36. The number of aryl methyl sites for hydroxylation is 1. The first kappa shape index (κ1) is 13.9. The molecule has 0 aliphatic heterocycles. The number of carbonyl (C=O) groups excluding carboxylic acids is 1. The largest absolute Gasteiger partial charge is 0.478 e. The molecule has 0 saturated heterocycles. The highest BCUT2D eigenvalue weighted by Crippen LogP contribution is 2.35. The van der Waals surface area contributed by atoms with Crippen molar-refractivity contribution in [1.29, 1.82) is 0 Å². The molecule has 2 amide bonds. The monoisotopic (exact) mass is 288 g/mol. The first-order valence-corrected chi connectivity index (χ1v) is 7.46. The number of carbonyl (C=O) groups is 2. The minimum absolute atomic E-state index is 0.107. The lowest BCUT2D eigenvalue weighted by Crippen LogP contribution is -2.38. The molecule has 2 N–H and O–H groups in total. The Bertz CT molecular complexity index is 577. The fraction of sp³-hybridized carbons (Fsp3) is 0.500. The molecule has 2 saturated carbocycles. The normalized spacial score (nSPS) is 17.4. The lowest BCUT2D eigenvalue weighted by Gasteiger charge is -2.23. The first-order valence-electron chi connectivity index (χ1n) is 7.46. The maximum atomic E-state index is 12.4. The fourth-order valence-corrected chi connectivity index (χ4v) is 2.49. The quantitative estimate of drug-likeness (QED) is 0.874. The number of carboxylic acid groups (broad SMARTS) is 1. The lowest BCUT2D eigenvalue weighted by atomic mass is 10.1. The van der Waals surface area contributed by atoms with E-state index in [4.69, 9.17) is 5.11 Å². The second-order valence-electron chi connectivity index (χ2n) is 6.09. The Morgan fingerprint density at radius 1 is 1.29 bits per heavy atom. The van der Waals surface area contributed by atoms with Crippen molar-refractivity contribution in [2.45, 2.75) is 38.6 Å². The van der Waals surface area contributed by atoms with Crippen LogP contribution in [-0.2, 0) is 0 Å². The van der Waals surface area contributed by atoms with E-state index in [1.807, 2.05) is 4.90 Å². The van der Waals surface area contributed by atoms with Crippen LogP contribution in [0, 0.1) is 12.8 Å². The molecule has 21 heavy (non-hydrogen) atoms. The molecule has 2 aliphatic rings. The average molecular weight is 288 g/mol. The number of nitrogens with one attached hydrogen (secondary N) is 1. The van der Waals surface area contributed by atoms with Crippen LogP contribution < -0.4 is 5.32 Å². The van der Waals surface area contributed by atoms with Crippen LogP contribution in [0.2, 0.25) is 0 Å². The van der Waals surface area contributed by atoms with Gasteiger partial charge in [0.15, 0.2) is 0 Å². The Labute approximate surface area is 123 Å². The van der Waals surface area contributed by atoms with Crippen LogP contribution in [-0.4, -0.2) is 34.6 Å². The number of rotatable bonds is 5. The molecular weight excluding hydrogens is 268 g/mol. The molecule has 112 valence electrons. The topological polar surface area (TPSA) is 69.6 Å². The predicted octanol–water partition coefficient (Wildman–Crippen LogP) is 3.10. The maximum absolute atomic E-state index is 12.4. The van der Waals surface area contributed by atoms with E-state index in [1.54, 1.807) is 19.1 Å². The Kier molecular flexibility index (Phi) is 3.57. The zero-order chi connectivity index (χ0) is 15.0. The third-order valence-electron chi connectivity index (χ3n) is 4.12. The van der Waals surface area contributed by atoms with Gasteiger partial charge in [-0.05, 0) is 56.2 Å². The molecule has 0 heterocycles. The van der Waals surface area contributed by atoms with Crippen LogP contribution in [0.25, 0.3) is 0 Å². The van der Waals surface area contributed by atoms with Gasteiger partial charge in [0.05, 0.1) is 5.56 Å². The van der Waals surface area contributed by atoms with Crippen molar-refractivity contribution < 1.29 is 14.7 Å². The Balaban J connectivity index is 1.70. The van der Waals surface area contributed by atoms with Crippen molar-refractivity contribution in [1.82, 2.24) is 4.90 Å². The second-order valence-corrected chi connectivity index (χ2v) is 6.09. The van der Waals surface area contributed by atoms with Gasteiger partial charge < -0.3 is 15.3 Å². The van der Waals surface area contributed by atoms with Gasteiger partial charge in [-0.15, -0.1) is 0 Å². The molecule has 5 heteroatoms. The van der Waals surface area contributed by atoms with E-state index in [-0.39, 0.29) is 11.6 Å². The van der Waals surface area contributed by atoms with Crippen molar-refractivity contribution in [2.75, 3.05) is 11.9 Å². The zero-order valence-corrected chi connectivity index (χ0v) is 12.1. The van der Waals surface area contributed by atoms with Gasteiger partial charge in [0.2, 0.25) is 0 Å². The Morgan fingerprint density at radius 2 is 2.00 bits per heavy atom. The third-order valence-corrected chi connectivity index (χ3v) is 4.12. The van der Waals surface area contributed by atoms with Crippen molar-refractivity contribution in [3.8, 4) is 0 Å². The minimum atomic E-state index is -0.972. The van der Waals surface area contributed by atoms with E-state index >= 15 is 0 Å². The summed E-state index contributed by atoms with van der Waals surface area (Å²) >= 11 is 0. The molecule has 3 rings (SSSR count). The number of nitrogens with zero attached hydrogens (tertiary/aromatic N) is 1. The van der Waals surface area contributed by atoms with Crippen LogP contribution in [0.5, 0.6) is 0 Å². The highest BCUT2D eigenvalue weighted by molar-refractivity contribution is 5.94. The number of carboxylic acids is 1. The molecule has 2 aliphatic carbocycles. The summed E-state index contributed by atoms with van der Waals surface area (Å²) < 4.78 is 0. The molecular formula is C16H20N2O3. The molecule has 0 spiro atoms. The predicted molar refractivity (Wildman–Crippen MR) is 79.6 cm³/mol. The summed E-state index contributed by atoms with van der Waals surface area (Å²) in [6, 6.07) is 5.26. The molecule has 0 unspecified atom stereocenters. The summed E-state index contributed by atoms with van der Waals surface area (Å²) in [7, 11) is 0. The summed E-state index contributed by atoms with van der Waals surface area (Å²) in [4.78, 5) is 25.4. The number of hydrogen-bond donors (Lipinski definition) is 2. The van der Waals surface area contributed by atoms with E-state index < -0.39 is 5.97 Å². The highest BCUT2D eigenvalue weighted by atomic mass is 16.4. The molecule has 2 fully saturated rings. The number of urea groups is 1. The number of aromatic carboxylic acids is 1. The van der Waals surface area contributed by atoms with Gasteiger partial charge in [-0.3, -0.25) is 0 Å². The van der Waals surface area contributed by atoms with E-state index in [1.165, 1.54) is 18.9 Å². The van der Waals surface area contributed by atoms with Crippen molar-refractivity contribution in [3.63, 3.8) is 0 Å². The van der Waals surface area contributed by atoms with Gasteiger partial charge in [0.25, 0.3) is 0 Å². The van der Waals surface area contributed by atoms with Gasteiger partial charge in [-0.25, -0.2) is 9.59 Å². The summed E-state index contributed by atoms with van der Waals surface area (Å²) in [6.45, 7) is 2.58. The maximum Gasteiger partial charge on any atom is 0.336 e. The smallest absolute Gasteiger partial charge is 0.336 e. The molecule has 0 atom stereocenters. The van der Waals surface area contributed by atoms with Crippen LogP contribution in [0.15, 0.2) is 18.2 Å². The Morgan fingerprint density at radius 3 is 2.57 bits per heavy atom. The van der Waals surface area contributed by atoms with Crippen LogP contribution >= 0.6 is 0 Å². The van der Waals surface area contributed by atoms with Crippen molar-refractivity contribution >= 4 is 17.7 Å². The Hall–Kier alpha value is -2.04. The minimum Gasteiger partial charge on any atom is -0.478 e. The van der Waals surface area contributed by atoms with E-state index in [9.17, 15) is 9.59 Å². The van der Waals surface area contributed by atoms with Crippen molar-refractivity contribution in [2.24, 2.45) is 5.92 Å². The van der Waals surface area contributed by atoms with Gasteiger partial charge in [0, 0.05) is 18.3 Å². The van der Waals surface area contributed by atoms with Gasteiger partial charge in [-0.1, -0.05) is 6.07 Å². The number of anilines is 1. The number of amides is 2. The SMILES string of the molecule is Cc1ccc(NC(=O)N(CC2CC2)C2CC2)cc1C(=O)O. The molecule has 1 aromatic rings. The van der Waals surface area contributed by atoms with E-state index in [2.05, 4.69) is 5.32 Å². The van der Waals surface area contributed by atoms with Crippen LogP contribution in [0.4, 0.5) is 10.5 Å². The van der Waals surface area contributed by atoms with Gasteiger partial charge in [0.1, 0.15) is 0 Å². The molecule has 0 bridgehead atoms. The van der Waals surface area contributed by atoms with Gasteiger partial charge in [-0.2, -0.15) is 0 Å². The number of hydrogen-bond acceptors (Lipinski definition) is 2. The zero-order valence-electron chi connectivity index (χ0n) is 12.1. The number of benzene rings is 1. The summed E-state index contributed by atoms with van der Waals surface area (Å²) in [6.07, 6.45) is 4.58. The molecule has 0 aromatic heterocycles. The van der Waals surface area contributed by atoms with Crippen LogP contribution in [0.1, 0.15) is 41.6 Å². The summed E-state index contributed by atoms with van der Waals surface area (Å²) in [5, 5.41) is 12.0. The summed E-state index contributed by atoms with van der Waals surface area (Å²) in [5.74, 6) is -0.315. The summed E-state index contributed by atoms with van der Waals surface area (Å²) in [5.41, 5.74) is 1.47. The van der Waals surface area contributed by atoms with Crippen molar-refractivity contribution in [3.05, 3.63) is 29.3 Å². The third kappa shape index (κ3) is 3.35. The van der Waals surface area contributed by atoms with E-state index in [0.29, 0.717) is 23.2 Å². The average Bonchev–Trinajstić information content (AvgIpc) is 3.31. The van der Waals surface area contributed by atoms with E-state index in [0.717, 1.165) is 19.4 Å². The molecule has 0 radical (unpaired) electrons.